The molecule has 0 bridgehead atoms. The quantitative estimate of drug-likeness (QED) is 0.843. The van der Waals surface area contributed by atoms with E-state index in [0.29, 0.717) is 19.0 Å². The number of rotatable bonds is 6. The molecule has 2 rings (SSSR count). The lowest BCUT2D eigenvalue weighted by Crippen LogP contribution is -2.37. The van der Waals surface area contributed by atoms with E-state index in [0.717, 1.165) is 25.9 Å². The van der Waals surface area contributed by atoms with Crippen LogP contribution in [0.25, 0.3) is 0 Å². The molecule has 1 heterocycles. The van der Waals surface area contributed by atoms with Crippen LogP contribution in [0.5, 0.6) is 0 Å². The Morgan fingerprint density at radius 3 is 2.57 bits per heavy atom. The van der Waals surface area contributed by atoms with Gasteiger partial charge in [0.25, 0.3) is 0 Å². The molecule has 1 saturated heterocycles. The van der Waals surface area contributed by atoms with E-state index >= 15 is 0 Å². The fraction of sp³-hybridized carbons (Fsp3) is 0.632. The fourth-order valence-corrected chi connectivity index (χ4v) is 2.98. The number of nitrogens with zero attached hydrogens (tertiary/aromatic N) is 1. The number of benzene rings is 1. The summed E-state index contributed by atoms with van der Waals surface area (Å²) in [4.78, 5) is 14.1. The van der Waals surface area contributed by atoms with Crippen LogP contribution in [0, 0.1) is 5.92 Å². The van der Waals surface area contributed by atoms with Gasteiger partial charge in [0.05, 0.1) is 6.54 Å². The number of hydrogen-bond acceptors (Lipinski definition) is 3. The van der Waals surface area contributed by atoms with Crippen LogP contribution in [0.3, 0.4) is 0 Å². The summed E-state index contributed by atoms with van der Waals surface area (Å²) in [6.07, 6.45) is 1.85. The first kappa shape index (κ1) is 18.0. The van der Waals surface area contributed by atoms with Crippen molar-refractivity contribution < 1.29 is 9.90 Å². The van der Waals surface area contributed by atoms with E-state index in [1.54, 1.807) is 0 Å². The molecule has 1 aliphatic heterocycles. The maximum absolute atomic E-state index is 12.0. The minimum absolute atomic E-state index is 0.0786. The molecule has 23 heavy (non-hydrogen) atoms. The third-order valence-corrected chi connectivity index (χ3v) is 4.55. The van der Waals surface area contributed by atoms with Crippen LogP contribution in [0.15, 0.2) is 24.3 Å². The first-order valence-electron chi connectivity index (χ1n) is 8.58. The predicted molar refractivity (Wildman–Crippen MR) is 93.5 cm³/mol. The fourth-order valence-electron chi connectivity index (χ4n) is 2.98. The van der Waals surface area contributed by atoms with E-state index in [9.17, 15) is 4.79 Å². The molecule has 0 spiro atoms. The Hall–Kier alpha value is -1.39. The molecular formula is C19H30N2O2. The summed E-state index contributed by atoms with van der Waals surface area (Å²) in [6.45, 7) is 9.71. The molecule has 1 amide bonds. The van der Waals surface area contributed by atoms with E-state index < -0.39 is 0 Å². The highest BCUT2D eigenvalue weighted by Crippen LogP contribution is 2.22. The molecule has 1 aliphatic rings. The number of carbonyl (C=O) groups is 1. The van der Waals surface area contributed by atoms with Crippen LogP contribution < -0.4 is 5.32 Å². The average Bonchev–Trinajstić information content (AvgIpc) is 2.94. The van der Waals surface area contributed by atoms with Gasteiger partial charge >= 0.3 is 0 Å². The molecule has 0 radical (unpaired) electrons. The van der Waals surface area contributed by atoms with Crippen molar-refractivity contribution in [2.24, 2.45) is 5.92 Å². The van der Waals surface area contributed by atoms with Crippen LogP contribution in [0.2, 0.25) is 0 Å². The van der Waals surface area contributed by atoms with Crippen molar-refractivity contribution in [3.05, 3.63) is 35.4 Å². The molecule has 4 heteroatoms. The maximum Gasteiger partial charge on any atom is 0.234 e. The Morgan fingerprint density at radius 2 is 2.00 bits per heavy atom. The van der Waals surface area contributed by atoms with Gasteiger partial charge in [0.2, 0.25) is 5.91 Å². The first-order chi connectivity index (χ1) is 10.9. The van der Waals surface area contributed by atoms with Gasteiger partial charge in [-0.05, 0) is 41.8 Å². The molecule has 2 N–H and O–H groups in total. The summed E-state index contributed by atoms with van der Waals surface area (Å²) in [5.41, 5.74) is 2.76. The Morgan fingerprint density at radius 1 is 1.30 bits per heavy atom. The van der Waals surface area contributed by atoms with Gasteiger partial charge in [0.1, 0.15) is 0 Å². The molecule has 0 aliphatic carbocycles. The van der Waals surface area contributed by atoms with Crippen molar-refractivity contribution in [3.63, 3.8) is 0 Å². The van der Waals surface area contributed by atoms with Crippen molar-refractivity contribution in [2.45, 2.75) is 39.0 Å². The molecule has 1 aromatic carbocycles. The van der Waals surface area contributed by atoms with Crippen molar-refractivity contribution in [2.75, 3.05) is 32.8 Å². The Balaban J connectivity index is 1.69. The van der Waals surface area contributed by atoms with E-state index in [2.05, 4.69) is 55.3 Å². The van der Waals surface area contributed by atoms with Gasteiger partial charge in [-0.3, -0.25) is 9.69 Å². The van der Waals surface area contributed by atoms with Crippen molar-refractivity contribution in [3.8, 4) is 0 Å². The molecule has 128 valence electrons. The molecule has 4 nitrogen and oxygen atoms in total. The van der Waals surface area contributed by atoms with Gasteiger partial charge in [-0.25, -0.2) is 0 Å². The molecule has 1 unspecified atom stereocenters. The molecule has 0 aromatic heterocycles. The van der Waals surface area contributed by atoms with E-state index in [4.69, 9.17) is 5.11 Å². The van der Waals surface area contributed by atoms with Gasteiger partial charge in [0.15, 0.2) is 0 Å². The number of carbonyl (C=O) groups excluding carboxylic acids is 1. The monoisotopic (exact) mass is 318 g/mol. The third kappa shape index (κ3) is 5.63. The van der Waals surface area contributed by atoms with Gasteiger partial charge < -0.3 is 10.4 Å². The number of likely N-dealkylation sites (tertiary alicyclic amines) is 1. The van der Waals surface area contributed by atoms with Crippen molar-refractivity contribution in [1.82, 2.24) is 10.2 Å². The largest absolute Gasteiger partial charge is 0.396 e. The topological polar surface area (TPSA) is 52.6 Å². The third-order valence-electron chi connectivity index (χ3n) is 4.55. The SMILES string of the molecule is CC(C)(C)c1ccc(CCNC(=O)CN2CCC(CO)C2)cc1. The summed E-state index contributed by atoms with van der Waals surface area (Å²) in [5.74, 6) is 0.416. The summed E-state index contributed by atoms with van der Waals surface area (Å²) < 4.78 is 0. The molecule has 1 fully saturated rings. The Labute approximate surface area is 139 Å². The standard InChI is InChI=1S/C19H30N2O2/c1-19(2,3)17-6-4-15(5-7-17)8-10-20-18(23)13-21-11-9-16(12-21)14-22/h4-7,16,22H,8-14H2,1-3H3,(H,20,23). The normalized spacial score (nSPS) is 19.0. The zero-order valence-corrected chi connectivity index (χ0v) is 14.6. The molecule has 1 atom stereocenters. The van der Waals surface area contributed by atoms with Crippen LogP contribution in [-0.4, -0.2) is 48.7 Å². The minimum atomic E-state index is 0.0786. The van der Waals surface area contributed by atoms with Crippen LogP contribution >= 0.6 is 0 Å². The Bertz CT molecular complexity index is 505. The van der Waals surface area contributed by atoms with Crippen molar-refractivity contribution in [1.29, 1.82) is 0 Å². The van der Waals surface area contributed by atoms with Crippen LogP contribution in [-0.2, 0) is 16.6 Å². The zero-order valence-electron chi connectivity index (χ0n) is 14.6. The summed E-state index contributed by atoms with van der Waals surface area (Å²) in [7, 11) is 0. The number of amides is 1. The number of hydrogen-bond donors (Lipinski definition) is 2. The van der Waals surface area contributed by atoms with E-state index in [1.807, 2.05) is 0 Å². The highest BCUT2D eigenvalue weighted by atomic mass is 16.3. The molecule has 0 saturated carbocycles. The predicted octanol–water partition coefficient (Wildman–Crippen LogP) is 1.96. The van der Waals surface area contributed by atoms with Gasteiger partial charge in [-0.1, -0.05) is 45.0 Å². The average molecular weight is 318 g/mol. The number of nitrogens with one attached hydrogen (secondary N) is 1. The molecule has 1 aromatic rings. The summed E-state index contributed by atoms with van der Waals surface area (Å²) >= 11 is 0. The van der Waals surface area contributed by atoms with E-state index in [1.165, 1.54) is 11.1 Å². The highest BCUT2D eigenvalue weighted by molar-refractivity contribution is 5.78. The zero-order chi connectivity index (χ0) is 16.9. The summed E-state index contributed by atoms with van der Waals surface area (Å²) in [6, 6.07) is 8.66. The smallest absolute Gasteiger partial charge is 0.234 e. The van der Waals surface area contributed by atoms with Crippen molar-refractivity contribution >= 4 is 5.91 Å². The highest BCUT2D eigenvalue weighted by Gasteiger charge is 2.23. The maximum atomic E-state index is 12.0. The minimum Gasteiger partial charge on any atom is -0.396 e. The van der Waals surface area contributed by atoms with Crippen LogP contribution in [0.4, 0.5) is 0 Å². The molecular weight excluding hydrogens is 288 g/mol. The van der Waals surface area contributed by atoms with Gasteiger partial charge in [0, 0.05) is 19.7 Å². The van der Waals surface area contributed by atoms with Gasteiger partial charge in [-0.15, -0.1) is 0 Å². The number of aliphatic hydroxyl groups excluding tert-OH is 1. The second kappa shape index (κ2) is 7.93. The second-order valence-corrected chi connectivity index (χ2v) is 7.62. The van der Waals surface area contributed by atoms with Gasteiger partial charge in [-0.2, -0.15) is 0 Å². The summed E-state index contributed by atoms with van der Waals surface area (Å²) in [5, 5.41) is 12.1. The second-order valence-electron chi connectivity index (χ2n) is 7.62. The lowest BCUT2D eigenvalue weighted by Gasteiger charge is -2.19. The lowest BCUT2D eigenvalue weighted by molar-refractivity contribution is -0.122. The lowest BCUT2D eigenvalue weighted by atomic mass is 9.86. The first-order valence-corrected chi connectivity index (χ1v) is 8.58. The van der Waals surface area contributed by atoms with Crippen LogP contribution in [0.1, 0.15) is 38.3 Å². The Kier molecular flexibility index (Phi) is 6.19. The number of aliphatic hydroxyl groups is 1. The van der Waals surface area contributed by atoms with E-state index in [-0.39, 0.29) is 17.9 Å².